The molecule has 0 saturated heterocycles. The number of hydrogen-bond acceptors (Lipinski definition) is 4. The molecule has 0 saturated carbocycles. The second-order valence-corrected chi connectivity index (χ2v) is 4.86. The topological polar surface area (TPSA) is 38.8 Å². The molecule has 0 amide bonds. The van der Waals surface area contributed by atoms with Gasteiger partial charge in [0.05, 0.1) is 12.7 Å². The van der Waals surface area contributed by atoms with E-state index in [0.717, 1.165) is 12.2 Å². The lowest BCUT2D eigenvalue weighted by atomic mass is 10.2. The van der Waals surface area contributed by atoms with Crippen molar-refractivity contribution < 1.29 is 14.3 Å². The maximum atomic E-state index is 12.3. The van der Waals surface area contributed by atoms with E-state index in [9.17, 15) is 4.79 Å². The van der Waals surface area contributed by atoms with Crippen molar-refractivity contribution in [3.05, 3.63) is 60.2 Å². The lowest BCUT2D eigenvalue weighted by Crippen LogP contribution is -2.36. The van der Waals surface area contributed by atoms with Crippen molar-refractivity contribution in [3.8, 4) is 5.75 Å². The zero-order valence-corrected chi connectivity index (χ0v) is 13.2. The number of esters is 1. The van der Waals surface area contributed by atoms with Crippen molar-refractivity contribution in [1.29, 1.82) is 0 Å². The third-order valence-electron chi connectivity index (χ3n) is 3.45. The molecule has 0 heterocycles. The highest BCUT2D eigenvalue weighted by atomic mass is 16.6. The van der Waals surface area contributed by atoms with Crippen LogP contribution in [0.25, 0.3) is 0 Å². The van der Waals surface area contributed by atoms with Crippen molar-refractivity contribution in [3.63, 3.8) is 0 Å². The predicted octanol–water partition coefficient (Wildman–Crippen LogP) is 3.72. The fraction of sp³-hybridized carbons (Fsp3) is 0.278. The maximum absolute atomic E-state index is 12.3. The standard InChI is InChI=1S/C18H21NO3/c1-4-19(16-10-6-5-7-11-16)14(2)22-18(20)15-9-8-12-17(13-15)21-3/h5-14H,4H2,1-3H3. The van der Waals surface area contributed by atoms with Gasteiger partial charge in [0.25, 0.3) is 0 Å². The predicted molar refractivity (Wildman–Crippen MR) is 87.3 cm³/mol. The Morgan fingerprint density at radius 1 is 1.14 bits per heavy atom. The van der Waals surface area contributed by atoms with Gasteiger partial charge in [-0.25, -0.2) is 4.79 Å². The second-order valence-electron chi connectivity index (χ2n) is 4.86. The number of carbonyl (C=O) groups is 1. The summed E-state index contributed by atoms with van der Waals surface area (Å²) in [6.07, 6.45) is -0.355. The Hall–Kier alpha value is -2.49. The van der Waals surface area contributed by atoms with E-state index in [0.29, 0.717) is 11.3 Å². The van der Waals surface area contributed by atoms with Crippen molar-refractivity contribution in [2.75, 3.05) is 18.6 Å². The summed E-state index contributed by atoms with van der Waals surface area (Å²) in [7, 11) is 1.57. The Morgan fingerprint density at radius 2 is 1.86 bits per heavy atom. The molecule has 0 spiro atoms. The van der Waals surface area contributed by atoms with Crippen LogP contribution < -0.4 is 9.64 Å². The van der Waals surface area contributed by atoms with Crippen LogP contribution in [-0.4, -0.2) is 25.9 Å². The van der Waals surface area contributed by atoms with E-state index >= 15 is 0 Å². The van der Waals surface area contributed by atoms with Crippen LogP contribution in [0, 0.1) is 0 Å². The van der Waals surface area contributed by atoms with Gasteiger partial charge in [-0.3, -0.25) is 0 Å². The Morgan fingerprint density at radius 3 is 2.50 bits per heavy atom. The third kappa shape index (κ3) is 3.79. The van der Waals surface area contributed by atoms with Crippen LogP contribution in [0.15, 0.2) is 54.6 Å². The number of carbonyl (C=O) groups excluding carboxylic acids is 1. The summed E-state index contributed by atoms with van der Waals surface area (Å²) in [5.74, 6) is 0.276. The van der Waals surface area contributed by atoms with E-state index in [2.05, 4.69) is 0 Å². The van der Waals surface area contributed by atoms with Gasteiger partial charge < -0.3 is 14.4 Å². The molecule has 4 heteroatoms. The minimum Gasteiger partial charge on any atom is -0.497 e. The van der Waals surface area contributed by atoms with Gasteiger partial charge in [-0.2, -0.15) is 0 Å². The fourth-order valence-corrected chi connectivity index (χ4v) is 2.31. The first kappa shape index (κ1) is 15.9. The van der Waals surface area contributed by atoms with Gasteiger partial charge in [0.15, 0.2) is 6.23 Å². The Bertz CT molecular complexity index is 613. The third-order valence-corrected chi connectivity index (χ3v) is 3.45. The Labute approximate surface area is 131 Å². The molecule has 0 N–H and O–H groups in total. The quantitative estimate of drug-likeness (QED) is 0.602. The van der Waals surface area contributed by atoms with Crippen molar-refractivity contribution >= 4 is 11.7 Å². The number of nitrogens with zero attached hydrogens (tertiary/aromatic N) is 1. The summed E-state index contributed by atoms with van der Waals surface area (Å²) in [6, 6.07) is 16.9. The molecule has 116 valence electrons. The van der Waals surface area contributed by atoms with Crippen LogP contribution in [0.4, 0.5) is 5.69 Å². The minimum absolute atomic E-state index is 0.355. The molecule has 0 aliphatic carbocycles. The molecule has 0 radical (unpaired) electrons. The lowest BCUT2D eigenvalue weighted by molar-refractivity contribution is 0.0335. The maximum Gasteiger partial charge on any atom is 0.340 e. The molecule has 0 aromatic heterocycles. The fourth-order valence-electron chi connectivity index (χ4n) is 2.31. The highest BCUT2D eigenvalue weighted by Crippen LogP contribution is 2.19. The number of methoxy groups -OCH3 is 1. The van der Waals surface area contributed by atoms with Gasteiger partial charge in [0.2, 0.25) is 0 Å². The molecular formula is C18H21NO3. The van der Waals surface area contributed by atoms with Crippen LogP contribution in [0.1, 0.15) is 24.2 Å². The van der Waals surface area contributed by atoms with Gasteiger partial charge in [-0.15, -0.1) is 0 Å². The van der Waals surface area contributed by atoms with E-state index in [1.165, 1.54) is 0 Å². The monoisotopic (exact) mass is 299 g/mol. The van der Waals surface area contributed by atoms with Gasteiger partial charge in [0, 0.05) is 12.2 Å². The summed E-state index contributed by atoms with van der Waals surface area (Å²) < 4.78 is 10.7. The van der Waals surface area contributed by atoms with Crippen LogP contribution in [0.3, 0.4) is 0 Å². The average Bonchev–Trinajstić information content (AvgIpc) is 2.56. The average molecular weight is 299 g/mol. The normalized spacial score (nSPS) is 11.6. The van der Waals surface area contributed by atoms with E-state index < -0.39 is 0 Å². The van der Waals surface area contributed by atoms with E-state index in [1.54, 1.807) is 31.4 Å². The molecule has 0 bridgehead atoms. The number of rotatable bonds is 6. The first-order valence-corrected chi connectivity index (χ1v) is 7.32. The number of hydrogen-bond donors (Lipinski definition) is 0. The number of ether oxygens (including phenoxy) is 2. The molecular weight excluding hydrogens is 278 g/mol. The van der Waals surface area contributed by atoms with E-state index in [1.807, 2.05) is 49.1 Å². The molecule has 2 aromatic carbocycles. The minimum atomic E-state index is -0.360. The van der Waals surface area contributed by atoms with Crippen LogP contribution in [-0.2, 0) is 4.74 Å². The summed E-state index contributed by atoms with van der Waals surface area (Å²) in [6.45, 7) is 4.65. The zero-order valence-electron chi connectivity index (χ0n) is 13.2. The highest BCUT2D eigenvalue weighted by Gasteiger charge is 2.18. The highest BCUT2D eigenvalue weighted by molar-refractivity contribution is 5.90. The SMILES string of the molecule is CCN(c1ccccc1)C(C)OC(=O)c1cccc(OC)c1. The summed E-state index contributed by atoms with van der Waals surface area (Å²) in [4.78, 5) is 14.3. The first-order chi connectivity index (χ1) is 10.7. The lowest BCUT2D eigenvalue weighted by Gasteiger charge is -2.29. The van der Waals surface area contributed by atoms with Crippen LogP contribution in [0.2, 0.25) is 0 Å². The Balaban J connectivity index is 2.09. The smallest absolute Gasteiger partial charge is 0.340 e. The largest absolute Gasteiger partial charge is 0.497 e. The molecule has 2 rings (SSSR count). The second kappa shape index (κ2) is 7.50. The van der Waals surface area contributed by atoms with E-state index in [4.69, 9.17) is 9.47 Å². The van der Waals surface area contributed by atoms with E-state index in [-0.39, 0.29) is 12.2 Å². The summed E-state index contributed by atoms with van der Waals surface area (Å²) >= 11 is 0. The molecule has 0 fully saturated rings. The Kier molecular flexibility index (Phi) is 5.42. The number of benzene rings is 2. The number of anilines is 1. The van der Waals surface area contributed by atoms with Crippen molar-refractivity contribution in [2.45, 2.75) is 20.1 Å². The van der Waals surface area contributed by atoms with Crippen molar-refractivity contribution in [2.24, 2.45) is 0 Å². The van der Waals surface area contributed by atoms with Gasteiger partial charge >= 0.3 is 5.97 Å². The van der Waals surface area contributed by atoms with Gasteiger partial charge in [0.1, 0.15) is 5.75 Å². The molecule has 1 unspecified atom stereocenters. The molecule has 0 aliphatic rings. The van der Waals surface area contributed by atoms with Crippen LogP contribution in [0.5, 0.6) is 5.75 Å². The van der Waals surface area contributed by atoms with Crippen molar-refractivity contribution in [1.82, 2.24) is 0 Å². The zero-order chi connectivity index (χ0) is 15.9. The summed E-state index contributed by atoms with van der Waals surface area (Å²) in [5.41, 5.74) is 1.51. The molecule has 2 aromatic rings. The molecule has 1 atom stereocenters. The molecule has 4 nitrogen and oxygen atoms in total. The number of para-hydroxylation sites is 1. The van der Waals surface area contributed by atoms with Gasteiger partial charge in [-0.1, -0.05) is 24.3 Å². The molecule has 22 heavy (non-hydrogen) atoms. The van der Waals surface area contributed by atoms with Gasteiger partial charge in [-0.05, 0) is 44.2 Å². The first-order valence-electron chi connectivity index (χ1n) is 7.32. The molecule has 0 aliphatic heterocycles. The summed E-state index contributed by atoms with van der Waals surface area (Å²) in [5, 5.41) is 0. The van der Waals surface area contributed by atoms with Crippen LogP contribution >= 0.6 is 0 Å².